The zero-order valence-electron chi connectivity index (χ0n) is 8.38. The van der Waals surface area contributed by atoms with Crippen LogP contribution in [-0.2, 0) is 9.53 Å². The van der Waals surface area contributed by atoms with Crippen molar-refractivity contribution in [1.29, 1.82) is 0 Å². The minimum absolute atomic E-state index is 0.626. The number of alkyl halides is 3. The van der Waals surface area contributed by atoms with E-state index in [9.17, 15) is 18.0 Å². The highest BCUT2D eigenvalue weighted by atomic mass is 19.4. The van der Waals surface area contributed by atoms with E-state index in [1.54, 1.807) is 0 Å². The maximum Gasteiger partial charge on any atom is 0.491 e. The predicted molar refractivity (Wildman–Crippen MR) is 48.3 cm³/mol. The van der Waals surface area contributed by atoms with Gasteiger partial charge in [0, 0.05) is 0 Å². The van der Waals surface area contributed by atoms with Crippen molar-refractivity contribution in [2.24, 2.45) is 0 Å². The number of piperidine rings is 1. The van der Waals surface area contributed by atoms with Crippen LogP contribution in [-0.4, -0.2) is 36.6 Å². The number of aliphatic hydroxyl groups is 1. The molecule has 0 amide bonds. The lowest BCUT2D eigenvalue weighted by Gasteiger charge is -2.17. The van der Waals surface area contributed by atoms with Crippen molar-refractivity contribution >= 4 is 5.97 Å². The zero-order valence-corrected chi connectivity index (χ0v) is 8.38. The van der Waals surface area contributed by atoms with E-state index in [0.29, 0.717) is 25.9 Å². The van der Waals surface area contributed by atoms with Gasteiger partial charge in [0.25, 0.3) is 0 Å². The second-order valence-electron chi connectivity index (χ2n) is 3.37. The number of esters is 1. The first-order valence-corrected chi connectivity index (χ1v) is 4.76. The molecule has 1 rings (SSSR count). The van der Waals surface area contributed by atoms with E-state index < -0.39 is 18.4 Å². The van der Waals surface area contributed by atoms with E-state index >= 15 is 0 Å². The summed E-state index contributed by atoms with van der Waals surface area (Å²) in [5.41, 5.74) is 0.779. The van der Waals surface area contributed by atoms with Crippen molar-refractivity contribution in [3.8, 4) is 0 Å². The molecular weight excluding hydrogens is 227 g/mol. The molecule has 7 heteroatoms. The lowest BCUT2D eigenvalue weighted by Crippen LogP contribution is -2.30. The van der Waals surface area contributed by atoms with Gasteiger partial charge in [-0.25, -0.2) is 4.79 Å². The Morgan fingerprint density at radius 2 is 2.00 bits per heavy atom. The van der Waals surface area contributed by atoms with Crippen LogP contribution in [0.4, 0.5) is 13.2 Å². The Kier molecular flexibility index (Phi) is 4.31. The molecule has 2 N–H and O–H groups in total. The quantitative estimate of drug-likeness (QED) is 0.423. The second-order valence-corrected chi connectivity index (χ2v) is 3.37. The van der Waals surface area contributed by atoms with Gasteiger partial charge in [-0.15, -0.1) is 0 Å². The molecule has 4 nitrogen and oxygen atoms in total. The van der Waals surface area contributed by atoms with Crippen LogP contribution in [0.1, 0.15) is 12.8 Å². The van der Waals surface area contributed by atoms with Gasteiger partial charge in [0.05, 0.1) is 0 Å². The molecular formula is C9H12F3NO3. The fourth-order valence-corrected chi connectivity index (χ4v) is 1.33. The monoisotopic (exact) mass is 239 g/mol. The van der Waals surface area contributed by atoms with Crippen LogP contribution in [0.3, 0.4) is 0 Å². The van der Waals surface area contributed by atoms with Crippen LogP contribution < -0.4 is 5.32 Å². The van der Waals surface area contributed by atoms with Gasteiger partial charge in [0.2, 0.25) is 6.29 Å². The van der Waals surface area contributed by atoms with Crippen molar-refractivity contribution < 1.29 is 27.8 Å². The van der Waals surface area contributed by atoms with Gasteiger partial charge >= 0.3 is 12.1 Å². The van der Waals surface area contributed by atoms with E-state index in [2.05, 4.69) is 10.1 Å². The highest BCUT2D eigenvalue weighted by Gasteiger charge is 2.41. The van der Waals surface area contributed by atoms with E-state index in [1.165, 1.54) is 0 Å². The van der Waals surface area contributed by atoms with Gasteiger partial charge in [-0.1, -0.05) is 5.57 Å². The normalized spacial score (nSPS) is 19.1. The van der Waals surface area contributed by atoms with Crippen LogP contribution in [0, 0.1) is 0 Å². The maximum atomic E-state index is 11.8. The standard InChI is InChI=1S/C9H12F3NO3/c10-9(11,12)8(15)16-7(14)5-6-1-3-13-4-2-6/h5,7,13-14H,1-4H2. The van der Waals surface area contributed by atoms with Gasteiger partial charge in [-0.3, -0.25) is 0 Å². The van der Waals surface area contributed by atoms with E-state index in [0.717, 1.165) is 11.6 Å². The lowest BCUT2D eigenvalue weighted by atomic mass is 10.1. The summed E-state index contributed by atoms with van der Waals surface area (Å²) in [5.74, 6) is -2.38. The molecule has 0 aromatic heterocycles. The number of rotatable bonds is 2. The Bertz CT molecular complexity index is 280. The molecule has 0 aliphatic carbocycles. The highest BCUT2D eigenvalue weighted by molar-refractivity contribution is 5.75. The highest BCUT2D eigenvalue weighted by Crippen LogP contribution is 2.18. The fourth-order valence-electron chi connectivity index (χ4n) is 1.33. The van der Waals surface area contributed by atoms with Crippen molar-refractivity contribution in [2.75, 3.05) is 13.1 Å². The molecule has 0 radical (unpaired) electrons. The molecule has 1 aliphatic heterocycles. The van der Waals surface area contributed by atoms with Gasteiger partial charge in [0.1, 0.15) is 0 Å². The van der Waals surface area contributed by atoms with Crippen molar-refractivity contribution in [3.63, 3.8) is 0 Å². The third-order valence-corrected chi connectivity index (χ3v) is 2.08. The largest absolute Gasteiger partial charge is 0.491 e. The molecule has 1 saturated heterocycles. The summed E-state index contributed by atoms with van der Waals surface area (Å²) in [7, 11) is 0. The Morgan fingerprint density at radius 3 is 2.50 bits per heavy atom. The summed E-state index contributed by atoms with van der Waals surface area (Å²) >= 11 is 0. The van der Waals surface area contributed by atoms with Crippen LogP contribution in [0.25, 0.3) is 0 Å². The van der Waals surface area contributed by atoms with Crippen LogP contribution in [0.2, 0.25) is 0 Å². The van der Waals surface area contributed by atoms with E-state index in [1.807, 2.05) is 0 Å². The fraction of sp³-hybridized carbons (Fsp3) is 0.667. The molecule has 1 fully saturated rings. The number of hydrogen-bond donors (Lipinski definition) is 2. The summed E-state index contributed by atoms with van der Waals surface area (Å²) in [6.45, 7) is 1.40. The van der Waals surface area contributed by atoms with Crippen LogP contribution in [0.15, 0.2) is 11.6 Å². The van der Waals surface area contributed by atoms with Crippen LogP contribution >= 0.6 is 0 Å². The Labute approximate surface area is 90.1 Å². The number of ether oxygens (including phenoxy) is 1. The smallest absolute Gasteiger partial charge is 0.425 e. The number of carbonyl (C=O) groups is 1. The number of carbonyl (C=O) groups excluding carboxylic acids is 1. The summed E-state index contributed by atoms with van der Waals surface area (Å²) in [6, 6.07) is 0. The molecule has 1 aliphatic rings. The average molecular weight is 239 g/mol. The molecule has 1 unspecified atom stereocenters. The molecule has 1 heterocycles. The summed E-state index contributed by atoms with van der Waals surface area (Å²) in [4.78, 5) is 10.4. The van der Waals surface area contributed by atoms with Gasteiger partial charge < -0.3 is 15.2 Å². The maximum absolute atomic E-state index is 11.8. The third-order valence-electron chi connectivity index (χ3n) is 2.08. The minimum Gasteiger partial charge on any atom is -0.425 e. The average Bonchev–Trinajstić information content (AvgIpc) is 2.17. The first kappa shape index (κ1) is 13.0. The van der Waals surface area contributed by atoms with E-state index in [4.69, 9.17) is 5.11 Å². The first-order chi connectivity index (χ1) is 7.39. The topological polar surface area (TPSA) is 58.6 Å². The molecule has 0 saturated carbocycles. The summed E-state index contributed by atoms with van der Waals surface area (Å²) in [5, 5.41) is 12.1. The molecule has 0 aromatic rings. The van der Waals surface area contributed by atoms with Gasteiger partial charge in [-0.2, -0.15) is 13.2 Å². The van der Waals surface area contributed by atoms with Crippen molar-refractivity contribution in [2.45, 2.75) is 25.3 Å². The Balaban J connectivity index is 2.46. The van der Waals surface area contributed by atoms with Crippen LogP contribution in [0.5, 0.6) is 0 Å². The molecule has 0 bridgehead atoms. The molecule has 92 valence electrons. The molecule has 16 heavy (non-hydrogen) atoms. The van der Waals surface area contributed by atoms with Crippen molar-refractivity contribution in [3.05, 3.63) is 11.6 Å². The number of hydrogen-bond acceptors (Lipinski definition) is 4. The van der Waals surface area contributed by atoms with Gasteiger partial charge in [-0.05, 0) is 32.0 Å². The minimum atomic E-state index is -5.08. The Hall–Kier alpha value is -1.08. The first-order valence-electron chi connectivity index (χ1n) is 4.76. The molecule has 0 aromatic carbocycles. The SMILES string of the molecule is O=C(OC(O)C=C1CCNCC1)C(F)(F)F. The zero-order chi connectivity index (χ0) is 12.2. The summed E-state index contributed by atoms with van der Waals surface area (Å²) < 4.78 is 39.1. The van der Waals surface area contributed by atoms with Gasteiger partial charge in [0.15, 0.2) is 0 Å². The second kappa shape index (κ2) is 5.31. The number of nitrogens with one attached hydrogen (secondary N) is 1. The van der Waals surface area contributed by atoms with Crippen molar-refractivity contribution in [1.82, 2.24) is 5.32 Å². The Morgan fingerprint density at radius 1 is 1.44 bits per heavy atom. The lowest BCUT2D eigenvalue weighted by molar-refractivity contribution is -0.214. The number of halogens is 3. The summed E-state index contributed by atoms with van der Waals surface area (Å²) in [6.07, 6.45) is -4.51. The van der Waals surface area contributed by atoms with E-state index in [-0.39, 0.29) is 0 Å². The number of aliphatic hydroxyl groups excluding tert-OH is 1. The predicted octanol–water partition coefficient (Wildman–Crippen LogP) is 0.720. The molecule has 1 atom stereocenters. The third kappa shape index (κ3) is 4.19. The molecule has 0 spiro atoms.